The van der Waals surface area contributed by atoms with Gasteiger partial charge in [-0.2, -0.15) is 9.40 Å². The fourth-order valence-electron chi connectivity index (χ4n) is 2.65. The van der Waals surface area contributed by atoms with Crippen LogP contribution in [0.4, 0.5) is 0 Å². The van der Waals surface area contributed by atoms with Gasteiger partial charge >= 0.3 is 0 Å². The molecule has 1 aliphatic rings. The van der Waals surface area contributed by atoms with E-state index < -0.39 is 22.2 Å². The predicted molar refractivity (Wildman–Crippen MR) is 83.6 cm³/mol. The summed E-state index contributed by atoms with van der Waals surface area (Å²) in [7, 11) is -1.89. The lowest BCUT2D eigenvalue weighted by atomic mass is 10.2. The van der Waals surface area contributed by atoms with Gasteiger partial charge in [-0.05, 0) is 18.6 Å². The van der Waals surface area contributed by atoms with Gasteiger partial charge in [0.25, 0.3) is 0 Å². The molecule has 0 aliphatic carbocycles. The van der Waals surface area contributed by atoms with E-state index >= 15 is 0 Å². The molecule has 1 saturated heterocycles. The fraction of sp³-hybridized carbons (Fsp3) is 0.400. The van der Waals surface area contributed by atoms with Crippen molar-refractivity contribution in [3.05, 3.63) is 42.2 Å². The van der Waals surface area contributed by atoms with Crippen LogP contribution in [0.25, 0.3) is 0 Å². The predicted octanol–water partition coefficient (Wildman–Crippen LogP) is 0.541. The molecule has 2 heterocycles. The summed E-state index contributed by atoms with van der Waals surface area (Å²) in [6.45, 7) is 1.87. The summed E-state index contributed by atoms with van der Waals surface area (Å²) in [5.41, 5.74) is 0.679. The van der Waals surface area contributed by atoms with E-state index in [0.29, 0.717) is 11.3 Å². The topological polar surface area (TPSA) is 84.7 Å². The molecule has 0 unspecified atom stereocenters. The van der Waals surface area contributed by atoms with Gasteiger partial charge in [-0.25, -0.2) is 8.42 Å². The molecular weight excluding hydrogens is 318 g/mol. The minimum Gasteiger partial charge on any atom is -0.483 e. The molecule has 1 aromatic carbocycles. The Kier molecular flexibility index (Phi) is 4.13. The monoisotopic (exact) mass is 337 g/mol. The third-order valence-electron chi connectivity index (χ3n) is 3.88. The van der Waals surface area contributed by atoms with Crippen LogP contribution < -0.4 is 4.74 Å². The van der Waals surface area contributed by atoms with Gasteiger partial charge in [0, 0.05) is 13.6 Å². The van der Waals surface area contributed by atoms with E-state index in [-0.39, 0.29) is 18.0 Å². The lowest BCUT2D eigenvalue weighted by molar-refractivity contribution is 0.0737. The Morgan fingerprint density at radius 1 is 1.30 bits per heavy atom. The second-order valence-electron chi connectivity index (χ2n) is 5.66. The van der Waals surface area contributed by atoms with Crippen molar-refractivity contribution in [2.24, 2.45) is 7.05 Å². The zero-order valence-electron chi connectivity index (χ0n) is 13.0. The largest absolute Gasteiger partial charge is 0.483 e. The number of rotatable bonds is 4. The number of β-amino-alcohol motifs (C(OH)–C–C–N with tert-alkyl or cyclic N) is 1. The Morgan fingerprint density at radius 3 is 2.70 bits per heavy atom. The first-order valence-electron chi connectivity index (χ1n) is 7.27. The molecule has 1 aromatic heterocycles. The fourth-order valence-corrected chi connectivity index (χ4v) is 4.35. The van der Waals surface area contributed by atoms with Crippen molar-refractivity contribution in [2.75, 3.05) is 13.1 Å². The Balaban J connectivity index is 1.79. The molecule has 2 atom stereocenters. The van der Waals surface area contributed by atoms with Crippen molar-refractivity contribution in [3.63, 3.8) is 0 Å². The van der Waals surface area contributed by atoms with E-state index in [1.807, 2.05) is 0 Å². The standard InChI is InChI=1S/C15H19N3O4S/c1-11-5-3-4-6-15(11)23(20,21)18-9-13(19)14(10-18)22-12-7-16-17(2)8-12/h3-8,13-14,19H,9-10H2,1-2H3/t13-,14-/m1/s1. The summed E-state index contributed by atoms with van der Waals surface area (Å²) in [6.07, 6.45) is 1.71. The van der Waals surface area contributed by atoms with Crippen molar-refractivity contribution in [1.82, 2.24) is 14.1 Å². The van der Waals surface area contributed by atoms with Gasteiger partial charge in [0.05, 0.1) is 23.8 Å². The molecule has 8 heteroatoms. The van der Waals surface area contributed by atoms with Crippen molar-refractivity contribution in [3.8, 4) is 5.75 Å². The number of aliphatic hydroxyl groups is 1. The van der Waals surface area contributed by atoms with Crippen molar-refractivity contribution >= 4 is 10.0 Å². The highest BCUT2D eigenvalue weighted by atomic mass is 32.2. The normalized spacial score (nSPS) is 22.4. The molecule has 7 nitrogen and oxygen atoms in total. The van der Waals surface area contributed by atoms with Crippen LogP contribution in [0.2, 0.25) is 0 Å². The maximum Gasteiger partial charge on any atom is 0.243 e. The highest BCUT2D eigenvalue weighted by Crippen LogP contribution is 2.25. The lowest BCUT2D eigenvalue weighted by Crippen LogP contribution is -2.31. The van der Waals surface area contributed by atoms with E-state index in [1.165, 1.54) is 10.5 Å². The van der Waals surface area contributed by atoms with Gasteiger partial charge in [-0.1, -0.05) is 18.2 Å². The quantitative estimate of drug-likeness (QED) is 0.880. The first-order chi connectivity index (χ1) is 10.9. The third kappa shape index (κ3) is 3.10. The van der Waals surface area contributed by atoms with Crippen LogP contribution in [0.1, 0.15) is 5.56 Å². The van der Waals surface area contributed by atoms with Crippen LogP contribution >= 0.6 is 0 Å². The molecule has 2 aromatic rings. The summed E-state index contributed by atoms with van der Waals surface area (Å²) >= 11 is 0. The Morgan fingerprint density at radius 2 is 2.04 bits per heavy atom. The highest BCUT2D eigenvalue weighted by molar-refractivity contribution is 7.89. The van der Waals surface area contributed by atoms with E-state index in [4.69, 9.17) is 4.74 Å². The van der Waals surface area contributed by atoms with E-state index in [9.17, 15) is 13.5 Å². The van der Waals surface area contributed by atoms with Crippen LogP contribution in [-0.2, 0) is 17.1 Å². The van der Waals surface area contributed by atoms with E-state index in [0.717, 1.165) is 0 Å². The Bertz CT molecular complexity index is 803. The molecule has 0 bridgehead atoms. The minimum atomic E-state index is -3.65. The van der Waals surface area contributed by atoms with Crippen molar-refractivity contribution < 1.29 is 18.3 Å². The molecule has 0 amide bonds. The number of aromatic nitrogens is 2. The van der Waals surface area contributed by atoms with E-state index in [2.05, 4.69) is 5.10 Å². The highest BCUT2D eigenvalue weighted by Gasteiger charge is 2.40. The number of hydrogen-bond acceptors (Lipinski definition) is 5. The van der Waals surface area contributed by atoms with Gasteiger partial charge in [0.1, 0.15) is 12.2 Å². The number of aryl methyl sites for hydroxylation is 2. The molecule has 1 fully saturated rings. The molecule has 23 heavy (non-hydrogen) atoms. The number of nitrogens with zero attached hydrogens (tertiary/aromatic N) is 3. The first kappa shape index (κ1) is 16.0. The van der Waals surface area contributed by atoms with Gasteiger partial charge in [0.15, 0.2) is 5.75 Å². The van der Waals surface area contributed by atoms with Crippen LogP contribution in [0.5, 0.6) is 5.75 Å². The summed E-state index contributed by atoms with van der Waals surface area (Å²) in [5, 5.41) is 14.1. The molecule has 124 valence electrons. The Labute approximate surface area is 135 Å². The van der Waals surface area contributed by atoms with Gasteiger partial charge < -0.3 is 9.84 Å². The summed E-state index contributed by atoms with van der Waals surface area (Å²) in [6, 6.07) is 6.81. The molecule has 0 spiro atoms. The third-order valence-corrected chi connectivity index (χ3v) is 5.88. The molecule has 3 rings (SSSR count). The van der Waals surface area contributed by atoms with E-state index in [1.54, 1.807) is 49.1 Å². The van der Waals surface area contributed by atoms with Crippen molar-refractivity contribution in [1.29, 1.82) is 0 Å². The summed E-state index contributed by atoms with van der Waals surface area (Å²) < 4.78 is 34.0. The average Bonchev–Trinajstić information content (AvgIpc) is 3.07. The van der Waals surface area contributed by atoms with Crippen molar-refractivity contribution in [2.45, 2.75) is 24.0 Å². The zero-order chi connectivity index (χ0) is 16.6. The molecule has 1 aliphatic heterocycles. The molecule has 1 N–H and O–H groups in total. The first-order valence-corrected chi connectivity index (χ1v) is 8.71. The summed E-state index contributed by atoms with van der Waals surface area (Å²) in [5.74, 6) is 0.506. The average molecular weight is 337 g/mol. The Hall–Kier alpha value is -1.90. The SMILES string of the molecule is Cc1ccccc1S(=O)(=O)N1C[C@@H](O)[C@H](Oc2cnn(C)c2)C1. The van der Waals surface area contributed by atoms with Crippen LogP contribution in [-0.4, -0.2) is 52.9 Å². The second kappa shape index (κ2) is 5.95. The van der Waals surface area contributed by atoms with Crippen LogP contribution in [0, 0.1) is 6.92 Å². The smallest absolute Gasteiger partial charge is 0.243 e. The second-order valence-corrected chi connectivity index (χ2v) is 7.57. The minimum absolute atomic E-state index is 0.0155. The van der Waals surface area contributed by atoms with Gasteiger partial charge in [-0.3, -0.25) is 4.68 Å². The number of benzene rings is 1. The molecular formula is C15H19N3O4S. The zero-order valence-corrected chi connectivity index (χ0v) is 13.8. The van der Waals surface area contributed by atoms with Gasteiger partial charge in [-0.15, -0.1) is 0 Å². The number of sulfonamides is 1. The number of hydrogen-bond donors (Lipinski definition) is 1. The number of ether oxygens (including phenoxy) is 1. The maximum absolute atomic E-state index is 12.7. The lowest BCUT2D eigenvalue weighted by Gasteiger charge is -2.17. The molecule has 0 saturated carbocycles. The molecule has 0 radical (unpaired) electrons. The van der Waals surface area contributed by atoms with Crippen LogP contribution in [0.3, 0.4) is 0 Å². The number of aliphatic hydroxyl groups excluding tert-OH is 1. The van der Waals surface area contributed by atoms with Crippen LogP contribution in [0.15, 0.2) is 41.6 Å². The van der Waals surface area contributed by atoms with Gasteiger partial charge in [0.2, 0.25) is 10.0 Å². The summed E-state index contributed by atoms with van der Waals surface area (Å²) in [4.78, 5) is 0.259. The maximum atomic E-state index is 12.7.